The summed E-state index contributed by atoms with van der Waals surface area (Å²) in [7, 11) is 0. The smallest absolute Gasteiger partial charge is 0.352 e. The first-order valence-electron chi connectivity index (χ1n) is 6.15. The van der Waals surface area contributed by atoms with Crippen LogP contribution in [0.1, 0.15) is 29.5 Å². The third-order valence-electron chi connectivity index (χ3n) is 3.30. The number of benzene rings is 1. The van der Waals surface area contributed by atoms with Crippen LogP contribution in [0.5, 0.6) is 0 Å². The fourth-order valence-corrected chi connectivity index (χ4v) is 2.13. The average Bonchev–Trinajstić information content (AvgIpc) is 2.35. The lowest BCUT2D eigenvalue weighted by molar-refractivity contribution is -0.133. The summed E-state index contributed by atoms with van der Waals surface area (Å²) in [6.07, 6.45) is 0.410. The van der Waals surface area contributed by atoms with Crippen molar-refractivity contribution in [3.63, 3.8) is 0 Å². The Hall–Kier alpha value is -2.17. The topological polar surface area (TPSA) is 70.0 Å². The Morgan fingerprint density at radius 1 is 1.32 bits per heavy atom. The van der Waals surface area contributed by atoms with E-state index in [1.807, 2.05) is 32.0 Å². The largest absolute Gasteiger partial charge is 0.477 e. The minimum Gasteiger partial charge on any atom is -0.477 e. The van der Waals surface area contributed by atoms with E-state index in [1.165, 1.54) is 5.01 Å². The van der Waals surface area contributed by atoms with Crippen molar-refractivity contribution >= 4 is 17.6 Å². The molecule has 1 aromatic rings. The van der Waals surface area contributed by atoms with Crippen LogP contribution in [0.4, 0.5) is 0 Å². The summed E-state index contributed by atoms with van der Waals surface area (Å²) in [5.41, 5.74) is 3.22. The number of aryl methyl sites for hydroxylation is 2. The van der Waals surface area contributed by atoms with Gasteiger partial charge >= 0.3 is 5.97 Å². The molecule has 5 heteroatoms. The predicted molar refractivity (Wildman–Crippen MR) is 70.8 cm³/mol. The zero-order chi connectivity index (χ0) is 14.0. The molecule has 0 radical (unpaired) electrons. The van der Waals surface area contributed by atoms with E-state index in [9.17, 15) is 9.59 Å². The lowest BCUT2D eigenvalue weighted by Crippen LogP contribution is -2.34. The molecule has 1 aliphatic heterocycles. The molecule has 1 aromatic carbocycles. The molecule has 2 rings (SSSR count). The fraction of sp³-hybridized carbons (Fsp3) is 0.357. The summed E-state index contributed by atoms with van der Waals surface area (Å²) in [5, 5.41) is 14.2. The molecule has 1 N–H and O–H groups in total. The van der Waals surface area contributed by atoms with Crippen molar-refractivity contribution in [2.24, 2.45) is 5.10 Å². The molecule has 0 bridgehead atoms. The molecule has 19 heavy (non-hydrogen) atoms. The molecule has 0 fully saturated rings. The highest BCUT2D eigenvalue weighted by atomic mass is 16.4. The highest BCUT2D eigenvalue weighted by molar-refractivity contribution is 6.36. The van der Waals surface area contributed by atoms with Gasteiger partial charge in [-0.3, -0.25) is 4.79 Å². The Kier molecular flexibility index (Phi) is 3.64. The molecule has 0 spiro atoms. The van der Waals surface area contributed by atoms with Crippen LogP contribution >= 0.6 is 0 Å². The molecule has 0 unspecified atom stereocenters. The second-order valence-electron chi connectivity index (χ2n) is 4.67. The summed E-state index contributed by atoms with van der Waals surface area (Å²) < 4.78 is 0. The van der Waals surface area contributed by atoms with Gasteiger partial charge in [0.15, 0.2) is 0 Å². The van der Waals surface area contributed by atoms with Crippen LogP contribution in [-0.2, 0) is 16.1 Å². The fourth-order valence-electron chi connectivity index (χ4n) is 2.13. The van der Waals surface area contributed by atoms with Crippen LogP contribution < -0.4 is 0 Å². The Morgan fingerprint density at radius 2 is 1.95 bits per heavy atom. The molecule has 100 valence electrons. The minimum atomic E-state index is -1.06. The van der Waals surface area contributed by atoms with Gasteiger partial charge in [0, 0.05) is 12.8 Å². The van der Waals surface area contributed by atoms with E-state index in [-0.39, 0.29) is 24.5 Å². The minimum absolute atomic E-state index is 0.0471. The molecular formula is C14H16N2O3. The molecule has 0 aliphatic carbocycles. The van der Waals surface area contributed by atoms with Crippen LogP contribution in [-0.4, -0.2) is 27.7 Å². The first-order valence-corrected chi connectivity index (χ1v) is 6.15. The number of amides is 1. The molecule has 0 saturated carbocycles. The van der Waals surface area contributed by atoms with Gasteiger partial charge in [0.25, 0.3) is 0 Å². The van der Waals surface area contributed by atoms with Gasteiger partial charge in [-0.25, -0.2) is 9.80 Å². The number of hydrogen-bond donors (Lipinski definition) is 1. The number of nitrogens with zero attached hydrogens (tertiary/aromatic N) is 2. The third-order valence-corrected chi connectivity index (χ3v) is 3.30. The summed E-state index contributed by atoms with van der Waals surface area (Å²) in [6, 6.07) is 5.90. The van der Waals surface area contributed by atoms with Crippen molar-refractivity contribution in [3.8, 4) is 0 Å². The number of carboxylic acid groups (broad SMARTS) is 1. The van der Waals surface area contributed by atoms with Crippen molar-refractivity contribution in [3.05, 3.63) is 34.9 Å². The van der Waals surface area contributed by atoms with Gasteiger partial charge in [-0.1, -0.05) is 18.2 Å². The molecule has 1 heterocycles. The van der Waals surface area contributed by atoms with Crippen LogP contribution in [0.2, 0.25) is 0 Å². The van der Waals surface area contributed by atoms with E-state index >= 15 is 0 Å². The standard InChI is InChI=1S/C14H16N2O3/c1-9-4-3-5-10(2)11(9)8-16-13(17)7-6-12(15-16)14(18)19/h3-5H,6-8H2,1-2H3,(H,18,19). The van der Waals surface area contributed by atoms with Gasteiger partial charge in [0.2, 0.25) is 5.91 Å². The van der Waals surface area contributed by atoms with E-state index in [0.29, 0.717) is 6.54 Å². The maximum Gasteiger partial charge on any atom is 0.352 e. The molecule has 1 amide bonds. The van der Waals surface area contributed by atoms with Crippen LogP contribution in [0.3, 0.4) is 0 Å². The van der Waals surface area contributed by atoms with Crippen molar-refractivity contribution in [2.45, 2.75) is 33.2 Å². The van der Waals surface area contributed by atoms with Gasteiger partial charge in [-0.05, 0) is 30.5 Å². The van der Waals surface area contributed by atoms with Crippen LogP contribution in [0, 0.1) is 13.8 Å². The Balaban J connectivity index is 2.29. The first-order chi connectivity index (χ1) is 8.99. The Labute approximate surface area is 111 Å². The van der Waals surface area contributed by atoms with Crippen LogP contribution in [0.15, 0.2) is 23.3 Å². The number of rotatable bonds is 3. The number of carbonyl (C=O) groups is 2. The number of hydrazone groups is 1. The van der Waals surface area contributed by atoms with E-state index in [1.54, 1.807) is 0 Å². The number of carbonyl (C=O) groups excluding carboxylic acids is 1. The predicted octanol–water partition coefficient (Wildman–Crippen LogP) is 1.87. The maximum absolute atomic E-state index is 11.8. The van der Waals surface area contributed by atoms with Crippen molar-refractivity contribution in [1.82, 2.24) is 5.01 Å². The third kappa shape index (κ3) is 2.81. The van der Waals surface area contributed by atoms with Gasteiger partial charge in [-0.2, -0.15) is 5.10 Å². The quantitative estimate of drug-likeness (QED) is 0.901. The highest BCUT2D eigenvalue weighted by Crippen LogP contribution is 2.19. The Bertz CT molecular complexity index is 544. The molecule has 0 atom stereocenters. The second kappa shape index (κ2) is 5.22. The lowest BCUT2D eigenvalue weighted by atomic mass is 10.0. The normalized spacial score (nSPS) is 15.4. The van der Waals surface area contributed by atoms with E-state index < -0.39 is 5.97 Å². The summed E-state index contributed by atoms with van der Waals surface area (Å²) in [4.78, 5) is 22.7. The van der Waals surface area contributed by atoms with Crippen molar-refractivity contribution in [1.29, 1.82) is 0 Å². The maximum atomic E-state index is 11.8. The molecular weight excluding hydrogens is 244 g/mol. The molecule has 5 nitrogen and oxygen atoms in total. The van der Waals surface area contributed by atoms with Gasteiger partial charge in [0.05, 0.1) is 6.54 Å². The van der Waals surface area contributed by atoms with Crippen molar-refractivity contribution in [2.75, 3.05) is 0 Å². The number of hydrogen-bond acceptors (Lipinski definition) is 3. The van der Waals surface area contributed by atoms with E-state index in [0.717, 1.165) is 16.7 Å². The van der Waals surface area contributed by atoms with E-state index in [4.69, 9.17) is 5.11 Å². The average molecular weight is 260 g/mol. The summed E-state index contributed by atoms with van der Waals surface area (Å²) in [5.74, 6) is -1.19. The van der Waals surface area contributed by atoms with E-state index in [2.05, 4.69) is 5.10 Å². The SMILES string of the molecule is Cc1cccc(C)c1CN1N=C(C(=O)O)CCC1=O. The lowest BCUT2D eigenvalue weighted by Gasteiger charge is -2.23. The highest BCUT2D eigenvalue weighted by Gasteiger charge is 2.24. The molecule has 1 aliphatic rings. The van der Waals surface area contributed by atoms with Crippen LogP contribution in [0.25, 0.3) is 0 Å². The zero-order valence-corrected chi connectivity index (χ0v) is 11.0. The first kappa shape index (κ1) is 13.3. The van der Waals surface area contributed by atoms with Gasteiger partial charge in [0.1, 0.15) is 5.71 Å². The number of carboxylic acids is 1. The number of aliphatic carboxylic acids is 1. The van der Waals surface area contributed by atoms with Crippen molar-refractivity contribution < 1.29 is 14.7 Å². The summed E-state index contributed by atoms with van der Waals surface area (Å²) >= 11 is 0. The molecule has 0 saturated heterocycles. The monoisotopic (exact) mass is 260 g/mol. The Morgan fingerprint density at radius 3 is 2.53 bits per heavy atom. The second-order valence-corrected chi connectivity index (χ2v) is 4.67. The zero-order valence-electron chi connectivity index (χ0n) is 11.0. The van der Waals surface area contributed by atoms with Gasteiger partial charge < -0.3 is 5.11 Å². The molecule has 0 aromatic heterocycles. The van der Waals surface area contributed by atoms with Gasteiger partial charge in [-0.15, -0.1) is 0 Å². The summed E-state index contributed by atoms with van der Waals surface area (Å²) in [6.45, 7) is 4.27.